The summed E-state index contributed by atoms with van der Waals surface area (Å²) in [4.78, 5) is 20.6. The molecule has 2 atom stereocenters. The van der Waals surface area contributed by atoms with Crippen LogP contribution < -0.4 is 16.0 Å². The minimum absolute atomic E-state index is 0.0646. The largest absolute Gasteiger partial charge is 0.414 e. The fourth-order valence-corrected chi connectivity index (χ4v) is 5.59. The van der Waals surface area contributed by atoms with Crippen molar-refractivity contribution >= 4 is 22.5 Å². The molecule has 2 aliphatic heterocycles. The van der Waals surface area contributed by atoms with E-state index in [9.17, 15) is 13.2 Å². The molecule has 3 aromatic heterocycles. The molecule has 2 saturated heterocycles. The molecule has 1 aromatic carbocycles. The number of nitrogens with one attached hydrogen (secondary N) is 2. The molecule has 0 saturated carbocycles. The van der Waals surface area contributed by atoms with E-state index in [4.69, 9.17) is 10.5 Å². The van der Waals surface area contributed by atoms with E-state index in [1.165, 1.54) is 18.6 Å². The molecule has 5 heterocycles. The smallest absolute Gasteiger partial charge is 0.378 e. The van der Waals surface area contributed by atoms with Crippen LogP contribution in [0.15, 0.2) is 55.0 Å². The first-order chi connectivity index (χ1) is 19.8. The van der Waals surface area contributed by atoms with Crippen molar-refractivity contribution in [2.45, 2.75) is 37.6 Å². The van der Waals surface area contributed by atoms with E-state index in [0.29, 0.717) is 31.1 Å². The van der Waals surface area contributed by atoms with Gasteiger partial charge in [0, 0.05) is 49.8 Å². The number of benzene rings is 1. The Bertz CT molecular complexity index is 1470. The zero-order chi connectivity index (χ0) is 28.4. The lowest BCUT2D eigenvalue weighted by atomic mass is 10.0. The Labute approximate surface area is 235 Å². The molecular formula is C29H33F3N8O. The van der Waals surface area contributed by atoms with E-state index >= 15 is 0 Å². The molecule has 0 bridgehead atoms. The average molecular weight is 567 g/mol. The molecule has 2 fully saturated rings. The number of aromatic amines is 1. The van der Waals surface area contributed by atoms with Gasteiger partial charge in [0.25, 0.3) is 0 Å². The van der Waals surface area contributed by atoms with Crippen LogP contribution in [0, 0.1) is 0 Å². The monoisotopic (exact) mass is 566 g/mol. The van der Waals surface area contributed by atoms with Crippen LogP contribution in [0.25, 0.3) is 22.3 Å². The van der Waals surface area contributed by atoms with Gasteiger partial charge in [0.05, 0.1) is 24.3 Å². The molecule has 2 aliphatic rings. The number of nitrogens with zero attached hydrogens (tertiary/aromatic N) is 5. The number of alkyl halides is 3. The summed E-state index contributed by atoms with van der Waals surface area (Å²) >= 11 is 0. The number of morpholine rings is 1. The Morgan fingerprint density at radius 3 is 2.61 bits per heavy atom. The Kier molecular flexibility index (Phi) is 7.78. The first kappa shape index (κ1) is 27.4. The lowest BCUT2D eigenvalue weighted by Gasteiger charge is -2.31. The van der Waals surface area contributed by atoms with E-state index in [0.717, 1.165) is 67.0 Å². The first-order valence-electron chi connectivity index (χ1n) is 13.9. The summed E-state index contributed by atoms with van der Waals surface area (Å²) in [5.41, 5.74) is 9.47. The van der Waals surface area contributed by atoms with Crippen LogP contribution in [0.4, 0.5) is 24.7 Å². The third kappa shape index (κ3) is 6.29. The van der Waals surface area contributed by atoms with Crippen LogP contribution in [0.5, 0.6) is 0 Å². The van der Waals surface area contributed by atoms with Crippen molar-refractivity contribution in [3.8, 4) is 11.3 Å². The number of likely N-dealkylation sites (tertiary alicyclic amines) is 1. The molecule has 1 unspecified atom stereocenters. The van der Waals surface area contributed by atoms with Gasteiger partial charge in [-0.1, -0.05) is 12.1 Å². The molecule has 0 amide bonds. The van der Waals surface area contributed by atoms with E-state index in [-0.39, 0.29) is 11.7 Å². The van der Waals surface area contributed by atoms with Crippen molar-refractivity contribution in [3.63, 3.8) is 0 Å². The molecule has 9 nitrogen and oxygen atoms in total. The summed E-state index contributed by atoms with van der Waals surface area (Å²) < 4.78 is 48.1. The number of fused-ring (bicyclic) bond motifs is 1. The fourth-order valence-electron chi connectivity index (χ4n) is 5.59. The number of pyridine rings is 1. The maximum atomic E-state index is 14.2. The topological polar surface area (TPSA) is 108 Å². The molecule has 0 aliphatic carbocycles. The van der Waals surface area contributed by atoms with Crippen LogP contribution >= 0.6 is 0 Å². The predicted octanol–water partition coefficient (Wildman–Crippen LogP) is 4.50. The predicted molar refractivity (Wildman–Crippen MR) is 151 cm³/mol. The number of rotatable bonds is 7. The highest BCUT2D eigenvalue weighted by atomic mass is 19.4. The van der Waals surface area contributed by atoms with Gasteiger partial charge < -0.3 is 25.7 Å². The molecule has 216 valence electrons. The number of hydrogen-bond acceptors (Lipinski definition) is 8. The summed E-state index contributed by atoms with van der Waals surface area (Å²) in [6, 6.07) is 10.3. The molecule has 41 heavy (non-hydrogen) atoms. The number of halogens is 3. The van der Waals surface area contributed by atoms with Crippen molar-refractivity contribution in [1.29, 1.82) is 0 Å². The van der Waals surface area contributed by atoms with E-state index in [1.54, 1.807) is 30.3 Å². The Hall–Kier alpha value is -3.74. The molecule has 4 aromatic rings. The van der Waals surface area contributed by atoms with Gasteiger partial charge in [-0.2, -0.15) is 13.2 Å². The van der Waals surface area contributed by atoms with Crippen LogP contribution in [0.3, 0.4) is 0 Å². The highest BCUT2D eigenvalue weighted by molar-refractivity contribution is 5.92. The van der Waals surface area contributed by atoms with Gasteiger partial charge in [-0.15, -0.1) is 0 Å². The van der Waals surface area contributed by atoms with Gasteiger partial charge in [-0.25, -0.2) is 9.97 Å². The Balaban J connectivity index is 1.20. The summed E-state index contributed by atoms with van der Waals surface area (Å²) in [6.07, 6.45) is 0.400. The Morgan fingerprint density at radius 2 is 1.85 bits per heavy atom. The number of anilines is 2. The van der Waals surface area contributed by atoms with Gasteiger partial charge in [0.15, 0.2) is 6.04 Å². The standard InChI is InChI=1S/C29H33F3N8O/c30-29(31,32)26(25-14-19(7-8-34-25)16-39-9-1-2-21(33)17-39)37-22-5-3-20(4-6-22)24-15-23-27(38-24)35-18-36-28(23)40-10-12-41-13-11-40/h3-8,14-15,18,21,26,37H,1-2,9-13,16-17,33H2,(H,35,36,38)/t21-,26?/m1/s1. The highest BCUT2D eigenvalue weighted by Gasteiger charge is 2.42. The number of H-pyrrole nitrogens is 1. The molecule has 6 rings (SSSR count). The van der Waals surface area contributed by atoms with Gasteiger partial charge >= 0.3 is 6.18 Å². The number of hydrogen-bond donors (Lipinski definition) is 3. The normalized spacial score (nSPS) is 19.4. The zero-order valence-corrected chi connectivity index (χ0v) is 22.6. The summed E-state index contributed by atoms with van der Waals surface area (Å²) in [5, 5.41) is 3.55. The first-order valence-corrected chi connectivity index (χ1v) is 13.9. The zero-order valence-electron chi connectivity index (χ0n) is 22.6. The fraction of sp³-hybridized carbons (Fsp3) is 0.414. The van der Waals surface area contributed by atoms with E-state index in [2.05, 4.69) is 35.1 Å². The minimum atomic E-state index is -4.54. The second-order valence-electron chi connectivity index (χ2n) is 10.7. The van der Waals surface area contributed by atoms with Crippen molar-refractivity contribution in [1.82, 2.24) is 24.8 Å². The molecule has 0 radical (unpaired) electrons. The third-order valence-corrected chi connectivity index (χ3v) is 7.64. The van der Waals surface area contributed by atoms with Crippen molar-refractivity contribution in [2.75, 3.05) is 49.6 Å². The van der Waals surface area contributed by atoms with Crippen molar-refractivity contribution < 1.29 is 17.9 Å². The Morgan fingerprint density at radius 1 is 1.05 bits per heavy atom. The average Bonchev–Trinajstić information content (AvgIpc) is 3.41. The van der Waals surface area contributed by atoms with Gasteiger partial charge in [0.1, 0.15) is 17.8 Å². The van der Waals surface area contributed by atoms with Crippen LogP contribution in [0.1, 0.15) is 30.1 Å². The summed E-state index contributed by atoms with van der Waals surface area (Å²) in [5.74, 6) is 0.838. The van der Waals surface area contributed by atoms with Crippen LogP contribution in [-0.4, -0.2) is 76.4 Å². The SMILES string of the molecule is N[C@@H]1CCCN(Cc2ccnc(C(Nc3ccc(-c4cc5c(N6CCOCC6)ncnc5[nH]4)cc3)C(F)(F)F)c2)C1. The van der Waals surface area contributed by atoms with Gasteiger partial charge in [-0.05, 0) is 60.8 Å². The van der Waals surface area contributed by atoms with Crippen molar-refractivity contribution in [2.24, 2.45) is 5.73 Å². The maximum absolute atomic E-state index is 14.2. The van der Waals surface area contributed by atoms with Gasteiger partial charge in [-0.3, -0.25) is 9.88 Å². The quantitative estimate of drug-likeness (QED) is 0.300. The molecule has 4 N–H and O–H groups in total. The number of piperidine rings is 1. The summed E-state index contributed by atoms with van der Waals surface area (Å²) in [7, 11) is 0. The second-order valence-corrected chi connectivity index (χ2v) is 10.7. The second kappa shape index (κ2) is 11.6. The minimum Gasteiger partial charge on any atom is -0.378 e. The van der Waals surface area contributed by atoms with Crippen LogP contribution in [0.2, 0.25) is 0 Å². The third-order valence-electron chi connectivity index (χ3n) is 7.64. The van der Waals surface area contributed by atoms with Crippen LogP contribution in [-0.2, 0) is 11.3 Å². The summed E-state index contributed by atoms with van der Waals surface area (Å²) in [6.45, 7) is 4.95. The molecule has 12 heteroatoms. The van der Waals surface area contributed by atoms with E-state index in [1.807, 2.05) is 6.07 Å². The number of nitrogens with two attached hydrogens (primary N) is 1. The molecule has 0 spiro atoms. The molecular weight excluding hydrogens is 533 g/mol. The van der Waals surface area contributed by atoms with E-state index < -0.39 is 12.2 Å². The lowest BCUT2D eigenvalue weighted by molar-refractivity contribution is -0.144. The lowest BCUT2D eigenvalue weighted by Crippen LogP contribution is -2.42. The highest BCUT2D eigenvalue weighted by Crippen LogP contribution is 2.36. The maximum Gasteiger partial charge on any atom is 0.414 e. The number of aromatic nitrogens is 4. The number of ether oxygens (including phenoxy) is 1. The van der Waals surface area contributed by atoms with Crippen molar-refractivity contribution in [3.05, 3.63) is 66.2 Å². The van der Waals surface area contributed by atoms with Gasteiger partial charge in [0.2, 0.25) is 0 Å².